The summed E-state index contributed by atoms with van der Waals surface area (Å²) in [7, 11) is 0. The molecule has 0 heterocycles. The third-order valence-corrected chi connectivity index (χ3v) is 3.16. The van der Waals surface area contributed by atoms with Crippen LogP contribution in [0.5, 0.6) is 5.75 Å². The molecule has 110 valence electrons. The highest BCUT2D eigenvalue weighted by atomic mass is 16.5. The van der Waals surface area contributed by atoms with Crippen molar-refractivity contribution in [1.82, 2.24) is 0 Å². The first-order valence-electron chi connectivity index (χ1n) is 7.10. The molecule has 0 atom stereocenters. The zero-order chi connectivity index (χ0) is 15.9. The summed E-state index contributed by atoms with van der Waals surface area (Å²) in [6.45, 7) is 4.33. The maximum Gasteiger partial charge on any atom is 0.203 e. The van der Waals surface area contributed by atoms with Crippen LogP contribution in [0.25, 0.3) is 6.08 Å². The summed E-state index contributed by atoms with van der Waals surface area (Å²) in [5.74, 6) is 0.382. The second-order valence-electron chi connectivity index (χ2n) is 4.84. The molecule has 0 fully saturated rings. The van der Waals surface area contributed by atoms with Crippen LogP contribution in [0.2, 0.25) is 0 Å². The van der Waals surface area contributed by atoms with Gasteiger partial charge in [-0.25, -0.2) is 0 Å². The van der Waals surface area contributed by atoms with Crippen molar-refractivity contribution in [2.75, 3.05) is 6.61 Å². The van der Waals surface area contributed by atoms with Crippen molar-refractivity contribution in [1.29, 1.82) is 5.26 Å². The number of carbonyl (C=O) groups is 1. The Hall–Kier alpha value is -2.86. The van der Waals surface area contributed by atoms with Crippen LogP contribution >= 0.6 is 0 Å². The predicted octanol–water partition coefficient (Wildman–Crippen LogP) is 4.18. The number of nitriles is 1. The average Bonchev–Trinajstić information content (AvgIpc) is 2.53. The van der Waals surface area contributed by atoms with Gasteiger partial charge in [0.15, 0.2) is 0 Å². The molecule has 0 N–H and O–H groups in total. The third-order valence-electron chi connectivity index (χ3n) is 3.16. The van der Waals surface area contributed by atoms with Gasteiger partial charge in [-0.05, 0) is 32.1 Å². The highest BCUT2D eigenvalue weighted by Crippen LogP contribution is 2.22. The minimum absolute atomic E-state index is 0.0951. The van der Waals surface area contributed by atoms with E-state index in [1.54, 1.807) is 18.2 Å². The monoisotopic (exact) mass is 291 g/mol. The highest BCUT2D eigenvalue weighted by Gasteiger charge is 2.13. The number of nitrogens with zero attached hydrogens (tertiary/aromatic N) is 1. The Morgan fingerprint density at radius 1 is 1.23 bits per heavy atom. The Morgan fingerprint density at radius 3 is 2.68 bits per heavy atom. The Kier molecular flexibility index (Phi) is 5.11. The summed E-state index contributed by atoms with van der Waals surface area (Å²) in [4.78, 5) is 12.5. The fourth-order valence-corrected chi connectivity index (χ4v) is 2.13. The van der Waals surface area contributed by atoms with Gasteiger partial charge in [0.05, 0.1) is 6.61 Å². The van der Waals surface area contributed by atoms with Crippen molar-refractivity contribution in [3.8, 4) is 11.8 Å². The first-order valence-corrected chi connectivity index (χ1v) is 7.10. The molecule has 0 saturated heterocycles. The smallest absolute Gasteiger partial charge is 0.203 e. The minimum Gasteiger partial charge on any atom is -0.493 e. The molecule has 0 radical (unpaired) electrons. The van der Waals surface area contributed by atoms with E-state index in [9.17, 15) is 10.1 Å². The van der Waals surface area contributed by atoms with Crippen molar-refractivity contribution in [2.45, 2.75) is 13.8 Å². The van der Waals surface area contributed by atoms with Gasteiger partial charge >= 0.3 is 0 Å². The average molecular weight is 291 g/mol. The number of hydrogen-bond donors (Lipinski definition) is 0. The first-order chi connectivity index (χ1) is 10.7. The van der Waals surface area contributed by atoms with Gasteiger partial charge in [0.1, 0.15) is 17.4 Å². The Balaban J connectivity index is 2.40. The van der Waals surface area contributed by atoms with Crippen LogP contribution in [-0.4, -0.2) is 12.4 Å². The number of rotatable bonds is 5. The van der Waals surface area contributed by atoms with Gasteiger partial charge in [-0.2, -0.15) is 5.26 Å². The second kappa shape index (κ2) is 7.24. The normalized spacial score (nSPS) is 10.9. The van der Waals surface area contributed by atoms with E-state index in [0.717, 1.165) is 11.1 Å². The number of carbonyl (C=O) groups excluding carboxylic acids is 1. The largest absolute Gasteiger partial charge is 0.493 e. The molecule has 3 nitrogen and oxygen atoms in total. The van der Waals surface area contributed by atoms with Crippen LogP contribution in [0, 0.1) is 18.3 Å². The number of ketones is 1. The first kappa shape index (κ1) is 15.5. The summed E-state index contributed by atoms with van der Waals surface area (Å²) < 4.78 is 5.52. The molecule has 2 aromatic rings. The fourth-order valence-electron chi connectivity index (χ4n) is 2.13. The van der Waals surface area contributed by atoms with E-state index in [0.29, 0.717) is 17.9 Å². The van der Waals surface area contributed by atoms with E-state index in [1.807, 2.05) is 56.3 Å². The number of benzene rings is 2. The second-order valence-corrected chi connectivity index (χ2v) is 4.84. The number of allylic oxidation sites excluding steroid dienone is 1. The van der Waals surface area contributed by atoms with Crippen molar-refractivity contribution in [2.24, 2.45) is 0 Å². The maximum absolute atomic E-state index is 12.5. The molecule has 2 rings (SSSR count). The molecular weight excluding hydrogens is 274 g/mol. The zero-order valence-electron chi connectivity index (χ0n) is 12.7. The molecule has 0 aliphatic heterocycles. The van der Waals surface area contributed by atoms with E-state index < -0.39 is 0 Å². The zero-order valence-corrected chi connectivity index (χ0v) is 12.7. The van der Waals surface area contributed by atoms with E-state index in [-0.39, 0.29) is 11.4 Å². The number of ether oxygens (including phenoxy) is 1. The van der Waals surface area contributed by atoms with Gasteiger partial charge in [-0.3, -0.25) is 4.79 Å². The quantitative estimate of drug-likeness (QED) is 0.471. The topological polar surface area (TPSA) is 50.1 Å². The molecule has 0 unspecified atom stereocenters. The molecule has 0 aliphatic carbocycles. The van der Waals surface area contributed by atoms with Crippen molar-refractivity contribution in [3.05, 3.63) is 70.8 Å². The van der Waals surface area contributed by atoms with Gasteiger partial charge in [0.2, 0.25) is 5.78 Å². The summed E-state index contributed by atoms with van der Waals surface area (Å²) in [5, 5.41) is 9.33. The molecule has 0 spiro atoms. The lowest BCUT2D eigenvalue weighted by Gasteiger charge is -2.07. The lowest BCUT2D eigenvalue weighted by Crippen LogP contribution is -2.02. The van der Waals surface area contributed by atoms with Crippen molar-refractivity contribution >= 4 is 11.9 Å². The molecule has 0 amide bonds. The molecule has 2 aromatic carbocycles. The molecule has 22 heavy (non-hydrogen) atoms. The standard InChI is InChI=1S/C19H17NO2/c1-3-22-18-10-5-4-8-15(18)12-17(13-20)19(21)16-9-6-7-14(2)11-16/h4-12H,3H2,1-2H3/b17-12+. The van der Waals surface area contributed by atoms with Crippen LogP contribution in [0.3, 0.4) is 0 Å². The fraction of sp³-hybridized carbons (Fsp3) is 0.158. The summed E-state index contributed by atoms with van der Waals surface area (Å²) in [6, 6.07) is 16.6. The Bertz CT molecular complexity index is 754. The Labute approximate surface area is 130 Å². The molecule has 0 saturated carbocycles. The van der Waals surface area contributed by atoms with Crippen molar-refractivity contribution in [3.63, 3.8) is 0 Å². The molecular formula is C19H17NO2. The van der Waals surface area contributed by atoms with E-state index in [2.05, 4.69) is 0 Å². The number of aryl methyl sites for hydroxylation is 1. The summed E-state index contributed by atoms with van der Waals surface area (Å²) in [6.07, 6.45) is 1.58. The Morgan fingerprint density at radius 2 is 2.00 bits per heavy atom. The van der Waals surface area contributed by atoms with Crippen LogP contribution in [0.1, 0.15) is 28.4 Å². The predicted molar refractivity (Wildman–Crippen MR) is 86.7 cm³/mol. The number of hydrogen-bond acceptors (Lipinski definition) is 3. The van der Waals surface area contributed by atoms with Gasteiger partial charge in [0.25, 0.3) is 0 Å². The van der Waals surface area contributed by atoms with Crippen molar-refractivity contribution < 1.29 is 9.53 Å². The minimum atomic E-state index is -0.280. The third kappa shape index (κ3) is 3.62. The maximum atomic E-state index is 12.5. The van der Waals surface area contributed by atoms with E-state index in [1.165, 1.54) is 0 Å². The molecule has 0 bridgehead atoms. The molecule has 3 heteroatoms. The van der Waals surface area contributed by atoms with Crippen LogP contribution in [0.4, 0.5) is 0 Å². The number of para-hydroxylation sites is 1. The SMILES string of the molecule is CCOc1ccccc1/C=C(\C#N)C(=O)c1cccc(C)c1. The molecule has 0 aliphatic rings. The number of Topliss-reactive ketones (excluding diaryl/α,β-unsaturated/α-hetero) is 1. The molecule has 0 aromatic heterocycles. The summed E-state index contributed by atoms with van der Waals surface area (Å²) >= 11 is 0. The lowest BCUT2D eigenvalue weighted by molar-refractivity contribution is 0.104. The summed E-state index contributed by atoms with van der Waals surface area (Å²) in [5.41, 5.74) is 2.32. The van der Waals surface area contributed by atoms with Gasteiger partial charge < -0.3 is 4.74 Å². The van der Waals surface area contributed by atoms with Gasteiger partial charge in [-0.1, -0.05) is 42.0 Å². The van der Waals surface area contributed by atoms with Gasteiger partial charge in [0, 0.05) is 11.1 Å². The van der Waals surface area contributed by atoms with E-state index in [4.69, 9.17) is 4.74 Å². The van der Waals surface area contributed by atoms with Crippen LogP contribution < -0.4 is 4.74 Å². The highest BCUT2D eigenvalue weighted by molar-refractivity contribution is 6.14. The van der Waals surface area contributed by atoms with Gasteiger partial charge in [-0.15, -0.1) is 0 Å². The van der Waals surface area contributed by atoms with Crippen LogP contribution in [0.15, 0.2) is 54.1 Å². The van der Waals surface area contributed by atoms with Crippen LogP contribution in [-0.2, 0) is 0 Å². The van der Waals surface area contributed by atoms with E-state index >= 15 is 0 Å². The lowest BCUT2D eigenvalue weighted by atomic mass is 10.0.